The number of unbranched alkanes of at least 4 members (excludes halogenated alkanes) is 1. The quantitative estimate of drug-likeness (QED) is 0.726. The molecule has 0 aliphatic carbocycles. The van der Waals surface area contributed by atoms with E-state index in [1.807, 2.05) is 36.9 Å². The zero-order valence-electron chi connectivity index (χ0n) is 9.79. The third-order valence-corrected chi connectivity index (χ3v) is 2.60. The van der Waals surface area contributed by atoms with Crippen LogP contribution in [0.2, 0.25) is 0 Å². The van der Waals surface area contributed by atoms with E-state index in [0.29, 0.717) is 0 Å². The summed E-state index contributed by atoms with van der Waals surface area (Å²) in [5, 5.41) is 0. The highest BCUT2D eigenvalue weighted by molar-refractivity contribution is 5.47. The molecule has 0 spiro atoms. The fourth-order valence-electron chi connectivity index (χ4n) is 1.67. The van der Waals surface area contributed by atoms with Gasteiger partial charge in [-0.2, -0.15) is 0 Å². The van der Waals surface area contributed by atoms with Crippen LogP contribution in [0, 0.1) is 0 Å². The fraction of sp³-hybridized carbons (Fsp3) is 0.200. The van der Waals surface area contributed by atoms with Crippen molar-refractivity contribution in [1.29, 1.82) is 0 Å². The normalized spacial score (nSPS) is 10.8. The molecule has 2 rings (SSSR count). The maximum atomic E-state index is 4.01. The Morgan fingerprint density at radius 1 is 0.882 bits per heavy atom. The van der Waals surface area contributed by atoms with Crippen molar-refractivity contribution in [2.45, 2.75) is 19.3 Å². The topological polar surface area (TPSA) is 25.8 Å². The first-order valence-electron chi connectivity index (χ1n) is 5.90. The largest absolute Gasteiger partial charge is 0.265 e. The standard InChI is InChI=1S/C15H16N2/c1(2-4-14-6-10-16-11-7-14)3-5-15-8-12-17-13-9-15/h2,4,6-13H,1,3,5H2/b4-2+. The molecule has 0 bridgehead atoms. The van der Waals surface area contributed by atoms with E-state index in [1.165, 1.54) is 17.5 Å². The first-order valence-corrected chi connectivity index (χ1v) is 5.90. The minimum atomic E-state index is 1.10. The van der Waals surface area contributed by atoms with Gasteiger partial charge in [0.1, 0.15) is 0 Å². The molecule has 0 radical (unpaired) electrons. The summed E-state index contributed by atoms with van der Waals surface area (Å²) in [6.45, 7) is 0. The summed E-state index contributed by atoms with van der Waals surface area (Å²) in [6, 6.07) is 8.18. The van der Waals surface area contributed by atoms with E-state index < -0.39 is 0 Å². The highest BCUT2D eigenvalue weighted by atomic mass is 14.6. The fourth-order valence-corrected chi connectivity index (χ4v) is 1.67. The van der Waals surface area contributed by atoms with E-state index in [1.54, 1.807) is 0 Å². The molecule has 0 aliphatic heterocycles. The number of hydrogen-bond acceptors (Lipinski definition) is 2. The summed E-state index contributed by atoms with van der Waals surface area (Å²) < 4.78 is 0. The van der Waals surface area contributed by atoms with E-state index in [0.717, 1.165) is 12.8 Å². The Balaban J connectivity index is 1.72. The zero-order chi connectivity index (χ0) is 11.8. The Labute approximate surface area is 102 Å². The molecule has 0 fully saturated rings. The van der Waals surface area contributed by atoms with Crippen LogP contribution >= 0.6 is 0 Å². The molecule has 0 N–H and O–H groups in total. The summed E-state index contributed by atoms with van der Waals surface area (Å²) in [5.74, 6) is 0. The van der Waals surface area contributed by atoms with Gasteiger partial charge in [0.05, 0.1) is 0 Å². The Hall–Kier alpha value is -1.96. The minimum Gasteiger partial charge on any atom is -0.265 e. The number of aromatic nitrogens is 2. The van der Waals surface area contributed by atoms with Crippen LogP contribution in [0.25, 0.3) is 6.08 Å². The van der Waals surface area contributed by atoms with Gasteiger partial charge in [-0.3, -0.25) is 9.97 Å². The Morgan fingerprint density at radius 2 is 1.53 bits per heavy atom. The first-order chi connectivity index (χ1) is 8.45. The lowest BCUT2D eigenvalue weighted by atomic mass is 10.1. The zero-order valence-corrected chi connectivity index (χ0v) is 9.79. The SMILES string of the molecule is C(=C\c1ccncc1)/CCCc1ccncc1. The molecule has 0 saturated heterocycles. The number of nitrogens with zero attached hydrogens (tertiary/aromatic N) is 2. The molecule has 17 heavy (non-hydrogen) atoms. The highest BCUT2D eigenvalue weighted by Crippen LogP contribution is 2.06. The monoisotopic (exact) mass is 224 g/mol. The van der Waals surface area contributed by atoms with Crippen molar-refractivity contribution < 1.29 is 0 Å². The van der Waals surface area contributed by atoms with Crippen molar-refractivity contribution in [1.82, 2.24) is 9.97 Å². The lowest BCUT2D eigenvalue weighted by Gasteiger charge is -1.97. The van der Waals surface area contributed by atoms with Crippen LogP contribution in [0.15, 0.2) is 55.1 Å². The number of rotatable bonds is 5. The average Bonchev–Trinajstić information content (AvgIpc) is 2.41. The maximum Gasteiger partial charge on any atom is 0.0273 e. The van der Waals surface area contributed by atoms with Crippen molar-refractivity contribution in [2.75, 3.05) is 0 Å². The van der Waals surface area contributed by atoms with Crippen molar-refractivity contribution in [2.24, 2.45) is 0 Å². The van der Waals surface area contributed by atoms with Gasteiger partial charge in [0.2, 0.25) is 0 Å². The smallest absolute Gasteiger partial charge is 0.0273 e. The molecule has 2 heteroatoms. The van der Waals surface area contributed by atoms with Gasteiger partial charge in [0.15, 0.2) is 0 Å². The molecule has 2 aromatic rings. The second-order valence-electron chi connectivity index (χ2n) is 3.93. The Bertz CT molecular complexity index is 449. The number of pyridine rings is 2. The van der Waals surface area contributed by atoms with Crippen LogP contribution in [0.3, 0.4) is 0 Å². The van der Waals surface area contributed by atoms with Gasteiger partial charge in [-0.25, -0.2) is 0 Å². The van der Waals surface area contributed by atoms with Gasteiger partial charge in [-0.05, 0) is 54.7 Å². The van der Waals surface area contributed by atoms with Crippen molar-refractivity contribution >= 4 is 6.08 Å². The van der Waals surface area contributed by atoms with Crippen molar-refractivity contribution in [3.63, 3.8) is 0 Å². The lowest BCUT2D eigenvalue weighted by molar-refractivity contribution is 0.843. The Kier molecular flexibility index (Phi) is 4.46. The molecule has 0 saturated carbocycles. The summed E-state index contributed by atoms with van der Waals surface area (Å²) in [5.41, 5.74) is 2.57. The summed E-state index contributed by atoms with van der Waals surface area (Å²) >= 11 is 0. The van der Waals surface area contributed by atoms with Gasteiger partial charge in [-0.1, -0.05) is 12.2 Å². The molecule has 0 aliphatic rings. The number of aryl methyl sites for hydroxylation is 1. The lowest BCUT2D eigenvalue weighted by Crippen LogP contribution is -1.84. The van der Waals surface area contributed by atoms with Crippen molar-refractivity contribution in [3.05, 3.63) is 66.3 Å². The molecular formula is C15H16N2. The van der Waals surface area contributed by atoms with Gasteiger partial charge >= 0.3 is 0 Å². The second-order valence-corrected chi connectivity index (χ2v) is 3.93. The van der Waals surface area contributed by atoms with Crippen LogP contribution in [-0.4, -0.2) is 9.97 Å². The van der Waals surface area contributed by atoms with E-state index >= 15 is 0 Å². The van der Waals surface area contributed by atoms with E-state index in [-0.39, 0.29) is 0 Å². The number of hydrogen-bond donors (Lipinski definition) is 0. The van der Waals surface area contributed by atoms with E-state index in [9.17, 15) is 0 Å². The van der Waals surface area contributed by atoms with Gasteiger partial charge in [-0.15, -0.1) is 0 Å². The highest BCUT2D eigenvalue weighted by Gasteiger charge is 1.90. The average molecular weight is 224 g/mol. The molecule has 0 aromatic carbocycles. The van der Waals surface area contributed by atoms with Crippen LogP contribution < -0.4 is 0 Å². The molecule has 86 valence electrons. The maximum absolute atomic E-state index is 4.01. The predicted molar refractivity (Wildman–Crippen MR) is 70.4 cm³/mol. The third kappa shape index (κ3) is 4.19. The van der Waals surface area contributed by atoms with Crippen LogP contribution in [0.5, 0.6) is 0 Å². The molecule has 2 aromatic heterocycles. The molecule has 0 amide bonds. The van der Waals surface area contributed by atoms with Crippen LogP contribution in [-0.2, 0) is 6.42 Å². The van der Waals surface area contributed by atoms with E-state index in [2.05, 4.69) is 34.3 Å². The molecular weight excluding hydrogens is 208 g/mol. The van der Waals surface area contributed by atoms with Crippen LogP contribution in [0.1, 0.15) is 24.0 Å². The first kappa shape index (κ1) is 11.5. The Morgan fingerprint density at radius 3 is 2.24 bits per heavy atom. The molecule has 0 unspecified atom stereocenters. The molecule has 2 nitrogen and oxygen atoms in total. The van der Waals surface area contributed by atoms with Crippen molar-refractivity contribution in [3.8, 4) is 0 Å². The molecule has 0 atom stereocenters. The minimum absolute atomic E-state index is 1.10. The van der Waals surface area contributed by atoms with Gasteiger partial charge in [0, 0.05) is 24.8 Å². The van der Waals surface area contributed by atoms with E-state index in [4.69, 9.17) is 0 Å². The molecule has 2 heterocycles. The van der Waals surface area contributed by atoms with Gasteiger partial charge < -0.3 is 0 Å². The summed E-state index contributed by atoms with van der Waals surface area (Å²) in [6.07, 6.45) is 15.1. The van der Waals surface area contributed by atoms with Crippen LogP contribution in [0.4, 0.5) is 0 Å². The summed E-state index contributed by atoms with van der Waals surface area (Å²) in [4.78, 5) is 8.00. The van der Waals surface area contributed by atoms with Gasteiger partial charge in [0.25, 0.3) is 0 Å². The summed E-state index contributed by atoms with van der Waals surface area (Å²) in [7, 11) is 0. The number of allylic oxidation sites excluding steroid dienone is 1. The second kappa shape index (κ2) is 6.59. The predicted octanol–water partition coefficient (Wildman–Crippen LogP) is 3.51. The third-order valence-electron chi connectivity index (χ3n) is 2.60.